The van der Waals surface area contributed by atoms with Gasteiger partial charge in [0.15, 0.2) is 0 Å². The van der Waals surface area contributed by atoms with Gasteiger partial charge in [-0.2, -0.15) is 20.0 Å². The molecule has 1 aromatic carbocycles. The topological polar surface area (TPSA) is 150 Å². The fourth-order valence-corrected chi connectivity index (χ4v) is 2.58. The van der Waals surface area contributed by atoms with Crippen LogP contribution in [0, 0.1) is 5.92 Å². The SMILES string of the molecule is CC(C)C(CN)Nc1ncc(C(N)=O)c(Nc2cccc(-n3nccn3)c2)n1. The molecule has 10 nitrogen and oxygen atoms in total. The standard InChI is InChI=1S/C18H23N9O/c1-11(2)15(9-19)25-18-21-10-14(16(20)28)17(26-18)24-12-4-3-5-13(8-12)27-22-6-7-23-27/h3-8,10-11,15H,9,19H2,1-2H3,(H2,20,28)(H2,21,24,25,26). The Morgan fingerprint density at radius 1 is 1.25 bits per heavy atom. The van der Waals surface area contributed by atoms with Crippen molar-refractivity contribution in [1.29, 1.82) is 0 Å². The number of primary amides is 1. The van der Waals surface area contributed by atoms with E-state index in [1.54, 1.807) is 12.4 Å². The fourth-order valence-electron chi connectivity index (χ4n) is 2.58. The van der Waals surface area contributed by atoms with E-state index in [4.69, 9.17) is 11.5 Å². The second-order valence-electron chi connectivity index (χ2n) is 6.54. The maximum atomic E-state index is 11.8. The highest BCUT2D eigenvalue weighted by Crippen LogP contribution is 2.22. The van der Waals surface area contributed by atoms with Crippen LogP contribution in [-0.2, 0) is 0 Å². The van der Waals surface area contributed by atoms with Gasteiger partial charge in [-0.05, 0) is 24.1 Å². The van der Waals surface area contributed by atoms with E-state index in [0.29, 0.717) is 29.9 Å². The van der Waals surface area contributed by atoms with Crippen molar-refractivity contribution in [2.24, 2.45) is 17.4 Å². The molecule has 0 bridgehead atoms. The minimum Gasteiger partial charge on any atom is -0.365 e. The van der Waals surface area contributed by atoms with Crippen LogP contribution in [0.5, 0.6) is 0 Å². The predicted octanol–water partition coefficient (Wildman–Crippen LogP) is 1.29. The van der Waals surface area contributed by atoms with Gasteiger partial charge < -0.3 is 22.1 Å². The molecule has 0 saturated heterocycles. The van der Waals surface area contributed by atoms with Gasteiger partial charge in [0.1, 0.15) is 11.4 Å². The maximum Gasteiger partial charge on any atom is 0.254 e. The number of nitrogens with zero attached hydrogens (tertiary/aromatic N) is 5. The molecule has 6 N–H and O–H groups in total. The van der Waals surface area contributed by atoms with Crippen LogP contribution >= 0.6 is 0 Å². The lowest BCUT2D eigenvalue weighted by molar-refractivity contribution is 0.100. The Hall–Kier alpha value is -3.53. The van der Waals surface area contributed by atoms with Crippen LogP contribution in [0.1, 0.15) is 24.2 Å². The monoisotopic (exact) mass is 381 g/mol. The molecule has 1 unspecified atom stereocenters. The molecule has 0 aliphatic rings. The number of carbonyl (C=O) groups is 1. The second-order valence-corrected chi connectivity index (χ2v) is 6.54. The van der Waals surface area contributed by atoms with E-state index in [9.17, 15) is 4.79 Å². The van der Waals surface area contributed by atoms with Gasteiger partial charge in [0.25, 0.3) is 5.91 Å². The quantitative estimate of drug-likeness (QED) is 0.456. The summed E-state index contributed by atoms with van der Waals surface area (Å²) < 4.78 is 0. The highest BCUT2D eigenvalue weighted by atomic mass is 16.1. The molecule has 10 heteroatoms. The zero-order valence-corrected chi connectivity index (χ0v) is 15.7. The highest BCUT2D eigenvalue weighted by molar-refractivity contribution is 5.98. The van der Waals surface area contributed by atoms with E-state index in [-0.39, 0.29) is 11.6 Å². The first kappa shape index (κ1) is 19.2. The number of carbonyl (C=O) groups excluding carboxylic acids is 1. The van der Waals surface area contributed by atoms with Crippen LogP contribution in [0.25, 0.3) is 5.69 Å². The zero-order chi connectivity index (χ0) is 20.1. The first-order valence-corrected chi connectivity index (χ1v) is 8.85. The van der Waals surface area contributed by atoms with Gasteiger partial charge in [0.2, 0.25) is 5.95 Å². The average molecular weight is 381 g/mol. The predicted molar refractivity (Wildman–Crippen MR) is 106 cm³/mol. The number of aromatic nitrogens is 5. The molecule has 0 fully saturated rings. The first-order valence-electron chi connectivity index (χ1n) is 8.85. The molecular weight excluding hydrogens is 358 g/mol. The van der Waals surface area contributed by atoms with Gasteiger partial charge in [-0.3, -0.25) is 4.79 Å². The molecule has 0 saturated carbocycles. The number of nitrogens with one attached hydrogen (secondary N) is 2. The summed E-state index contributed by atoms with van der Waals surface area (Å²) in [6, 6.07) is 7.37. The Bertz CT molecular complexity index is 940. The van der Waals surface area contributed by atoms with Crippen LogP contribution in [0.2, 0.25) is 0 Å². The number of amides is 1. The zero-order valence-electron chi connectivity index (χ0n) is 15.7. The summed E-state index contributed by atoms with van der Waals surface area (Å²) >= 11 is 0. The molecule has 0 aliphatic carbocycles. The van der Waals surface area contributed by atoms with Crippen molar-refractivity contribution in [2.45, 2.75) is 19.9 Å². The largest absolute Gasteiger partial charge is 0.365 e. The molecule has 1 amide bonds. The number of hydrogen-bond donors (Lipinski definition) is 4. The lowest BCUT2D eigenvalue weighted by atomic mass is 10.1. The summed E-state index contributed by atoms with van der Waals surface area (Å²) in [7, 11) is 0. The van der Waals surface area contributed by atoms with E-state index < -0.39 is 5.91 Å². The summed E-state index contributed by atoms with van der Waals surface area (Å²) in [4.78, 5) is 21.9. The van der Waals surface area contributed by atoms with Crippen molar-refractivity contribution in [2.75, 3.05) is 17.2 Å². The highest BCUT2D eigenvalue weighted by Gasteiger charge is 2.16. The van der Waals surface area contributed by atoms with Crippen LogP contribution in [0.4, 0.5) is 17.5 Å². The van der Waals surface area contributed by atoms with Crippen LogP contribution in [0.3, 0.4) is 0 Å². The van der Waals surface area contributed by atoms with E-state index in [0.717, 1.165) is 5.69 Å². The smallest absolute Gasteiger partial charge is 0.254 e. The lowest BCUT2D eigenvalue weighted by Gasteiger charge is -2.21. The summed E-state index contributed by atoms with van der Waals surface area (Å²) in [5.41, 5.74) is 12.9. The van der Waals surface area contributed by atoms with Gasteiger partial charge in [-0.15, -0.1) is 0 Å². The Labute approximate surface area is 162 Å². The fraction of sp³-hybridized carbons (Fsp3) is 0.278. The number of benzene rings is 1. The van der Waals surface area contributed by atoms with E-state index in [1.165, 1.54) is 11.0 Å². The molecule has 2 heterocycles. The Morgan fingerprint density at radius 2 is 2.00 bits per heavy atom. The molecule has 28 heavy (non-hydrogen) atoms. The van der Waals surface area contributed by atoms with E-state index in [2.05, 4.69) is 44.6 Å². The van der Waals surface area contributed by atoms with Gasteiger partial charge >= 0.3 is 0 Å². The van der Waals surface area contributed by atoms with E-state index in [1.807, 2.05) is 24.3 Å². The minimum atomic E-state index is -0.627. The van der Waals surface area contributed by atoms with Crippen molar-refractivity contribution < 1.29 is 4.79 Å². The normalized spacial score (nSPS) is 12.0. The third-order valence-electron chi connectivity index (χ3n) is 4.19. The third kappa shape index (κ3) is 4.41. The molecule has 0 spiro atoms. The minimum absolute atomic E-state index is 0.00138. The molecule has 0 aliphatic heterocycles. The molecule has 2 aromatic heterocycles. The molecule has 0 radical (unpaired) electrons. The van der Waals surface area contributed by atoms with Crippen molar-refractivity contribution in [3.05, 3.63) is 48.4 Å². The Kier molecular flexibility index (Phi) is 5.80. The van der Waals surface area contributed by atoms with Crippen molar-refractivity contribution in [1.82, 2.24) is 25.0 Å². The van der Waals surface area contributed by atoms with Gasteiger partial charge in [0, 0.05) is 24.5 Å². The molecule has 3 rings (SSSR count). The summed E-state index contributed by atoms with van der Waals surface area (Å²) in [5.74, 6) is 0.328. The third-order valence-corrected chi connectivity index (χ3v) is 4.19. The van der Waals surface area contributed by atoms with Crippen LogP contribution in [-0.4, -0.2) is 43.5 Å². The molecule has 3 aromatic rings. The number of nitrogens with two attached hydrogens (primary N) is 2. The van der Waals surface area contributed by atoms with Gasteiger partial charge in [0.05, 0.1) is 18.1 Å². The lowest BCUT2D eigenvalue weighted by Crippen LogP contribution is -2.34. The summed E-state index contributed by atoms with van der Waals surface area (Å²) in [6.45, 7) is 4.53. The van der Waals surface area contributed by atoms with Crippen LogP contribution < -0.4 is 22.1 Å². The van der Waals surface area contributed by atoms with Crippen molar-refractivity contribution >= 4 is 23.4 Å². The Morgan fingerprint density at radius 3 is 2.64 bits per heavy atom. The average Bonchev–Trinajstić information content (AvgIpc) is 3.21. The van der Waals surface area contributed by atoms with E-state index >= 15 is 0 Å². The summed E-state index contributed by atoms with van der Waals surface area (Å²) in [6.07, 6.45) is 4.58. The molecule has 146 valence electrons. The van der Waals surface area contributed by atoms with Crippen molar-refractivity contribution in [3.63, 3.8) is 0 Å². The van der Waals surface area contributed by atoms with Crippen molar-refractivity contribution in [3.8, 4) is 5.69 Å². The second kappa shape index (κ2) is 8.44. The summed E-state index contributed by atoms with van der Waals surface area (Å²) in [5, 5.41) is 14.5. The number of rotatable bonds is 8. The first-order chi connectivity index (χ1) is 13.5. The molecule has 1 atom stereocenters. The van der Waals surface area contributed by atoms with Gasteiger partial charge in [-0.1, -0.05) is 19.9 Å². The number of anilines is 3. The molecular formula is C18H23N9O. The maximum absolute atomic E-state index is 11.8. The van der Waals surface area contributed by atoms with Crippen LogP contribution in [0.15, 0.2) is 42.9 Å². The van der Waals surface area contributed by atoms with Gasteiger partial charge in [-0.25, -0.2) is 4.98 Å². The number of hydrogen-bond acceptors (Lipinski definition) is 8. The Balaban J connectivity index is 1.90.